The number of benzene rings is 3. The molecule has 7 nitrogen and oxygen atoms in total. The zero-order valence-electron chi connectivity index (χ0n) is 19.7. The molecule has 7 heteroatoms. The molecule has 2 saturated heterocycles. The number of carbonyl (C=O) groups excluding carboxylic acids is 1. The molecule has 6 rings (SSSR count). The Bertz CT molecular complexity index is 1310. The maximum atomic E-state index is 13.3. The molecule has 0 unspecified atom stereocenters. The molecule has 1 aromatic heterocycles. The number of aromatic nitrogens is 2. The minimum atomic E-state index is -0.0116. The van der Waals surface area contributed by atoms with Gasteiger partial charge in [0, 0.05) is 42.6 Å². The minimum Gasteiger partial charge on any atom is -0.457 e. The van der Waals surface area contributed by atoms with Crippen LogP contribution in [0.1, 0.15) is 12.8 Å². The van der Waals surface area contributed by atoms with E-state index in [9.17, 15) is 4.79 Å². The number of urea groups is 1. The number of hydrogen-bond acceptors (Lipinski definition) is 4. The van der Waals surface area contributed by atoms with Crippen LogP contribution < -0.4 is 14.5 Å². The minimum absolute atomic E-state index is 0.0116. The molecule has 178 valence electrons. The van der Waals surface area contributed by atoms with E-state index in [-0.39, 0.29) is 6.03 Å². The lowest BCUT2D eigenvalue weighted by atomic mass is 10.2. The summed E-state index contributed by atoms with van der Waals surface area (Å²) < 4.78 is 7.91. The van der Waals surface area contributed by atoms with Crippen LogP contribution >= 0.6 is 0 Å². The molecule has 2 amide bonds. The predicted octanol–water partition coefficient (Wildman–Crippen LogP) is 5.37. The average Bonchev–Trinajstić information content (AvgIpc) is 3.63. The average molecular weight is 468 g/mol. The summed E-state index contributed by atoms with van der Waals surface area (Å²) in [5.41, 5.74) is 2.74. The van der Waals surface area contributed by atoms with Crippen molar-refractivity contribution in [2.45, 2.75) is 19.4 Å². The fourth-order valence-electron chi connectivity index (χ4n) is 4.93. The molecule has 0 radical (unpaired) electrons. The second kappa shape index (κ2) is 9.43. The van der Waals surface area contributed by atoms with Gasteiger partial charge in [0.2, 0.25) is 0 Å². The van der Waals surface area contributed by atoms with Crippen molar-refractivity contribution >= 4 is 28.3 Å². The van der Waals surface area contributed by atoms with Gasteiger partial charge in [-0.3, -0.25) is 14.5 Å². The lowest BCUT2D eigenvalue weighted by Crippen LogP contribution is -2.31. The van der Waals surface area contributed by atoms with Crippen molar-refractivity contribution in [3.8, 4) is 11.5 Å². The van der Waals surface area contributed by atoms with E-state index in [2.05, 4.69) is 17.2 Å². The Labute approximate surface area is 205 Å². The van der Waals surface area contributed by atoms with Gasteiger partial charge in [-0.1, -0.05) is 18.2 Å². The highest BCUT2D eigenvalue weighted by molar-refractivity contribution is 6.06. The van der Waals surface area contributed by atoms with E-state index in [1.807, 2.05) is 81.2 Å². The SMILES string of the molecule is O=C1N(c2ccc(Oc3ccccc3)cc2)CCN1c1ccc2nn(CCN3CCCC3)cc2c1. The number of anilines is 2. The molecule has 2 aliphatic heterocycles. The number of ether oxygens (including phenoxy) is 1. The summed E-state index contributed by atoms with van der Waals surface area (Å²) in [6.07, 6.45) is 4.70. The second-order valence-electron chi connectivity index (χ2n) is 9.18. The van der Waals surface area contributed by atoms with Gasteiger partial charge in [-0.2, -0.15) is 5.10 Å². The van der Waals surface area contributed by atoms with Gasteiger partial charge in [0.1, 0.15) is 11.5 Å². The fourth-order valence-corrected chi connectivity index (χ4v) is 4.93. The van der Waals surface area contributed by atoms with Gasteiger partial charge in [0.05, 0.1) is 12.1 Å². The summed E-state index contributed by atoms with van der Waals surface area (Å²) >= 11 is 0. The Morgan fingerprint density at radius 1 is 0.743 bits per heavy atom. The number of rotatable bonds is 7. The van der Waals surface area contributed by atoms with E-state index in [0.29, 0.717) is 13.1 Å². The molecule has 0 atom stereocenters. The van der Waals surface area contributed by atoms with Gasteiger partial charge in [0.25, 0.3) is 0 Å². The largest absolute Gasteiger partial charge is 0.457 e. The Hall–Kier alpha value is -3.84. The van der Waals surface area contributed by atoms with E-state index in [1.54, 1.807) is 0 Å². The highest BCUT2D eigenvalue weighted by Gasteiger charge is 2.31. The summed E-state index contributed by atoms with van der Waals surface area (Å²) in [7, 11) is 0. The molecule has 0 saturated carbocycles. The number of nitrogens with zero attached hydrogens (tertiary/aromatic N) is 5. The van der Waals surface area contributed by atoms with Gasteiger partial charge in [-0.25, -0.2) is 4.79 Å². The number of hydrogen-bond donors (Lipinski definition) is 0. The van der Waals surface area contributed by atoms with Crippen molar-refractivity contribution in [2.75, 3.05) is 42.5 Å². The van der Waals surface area contributed by atoms with Gasteiger partial charge >= 0.3 is 6.03 Å². The fraction of sp³-hybridized carbons (Fsp3) is 0.286. The monoisotopic (exact) mass is 467 g/mol. The third kappa shape index (κ3) is 4.59. The molecular formula is C28H29N5O2. The van der Waals surface area contributed by atoms with Crippen LogP contribution in [-0.2, 0) is 6.54 Å². The first-order chi connectivity index (χ1) is 17.2. The zero-order chi connectivity index (χ0) is 23.6. The van der Waals surface area contributed by atoms with Crippen LogP contribution in [0.5, 0.6) is 11.5 Å². The molecule has 2 aliphatic rings. The van der Waals surface area contributed by atoms with Crippen LogP contribution in [-0.4, -0.2) is 53.4 Å². The van der Waals surface area contributed by atoms with Crippen molar-refractivity contribution in [1.82, 2.24) is 14.7 Å². The van der Waals surface area contributed by atoms with Crippen LogP contribution in [0.3, 0.4) is 0 Å². The first kappa shape index (κ1) is 21.7. The number of fused-ring (bicyclic) bond motifs is 1. The number of para-hydroxylation sites is 1. The lowest BCUT2D eigenvalue weighted by Gasteiger charge is -2.19. The smallest absolute Gasteiger partial charge is 0.329 e. The zero-order valence-corrected chi connectivity index (χ0v) is 19.7. The van der Waals surface area contributed by atoms with Crippen LogP contribution in [0.2, 0.25) is 0 Å². The molecular weight excluding hydrogens is 438 g/mol. The molecule has 0 N–H and O–H groups in total. The van der Waals surface area contributed by atoms with Gasteiger partial charge in [-0.05, 0) is 80.5 Å². The molecule has 3 aromatic carbocycles. The van der Waals surface area contributed by atoms with Crippen molar-refractivity contribution in [3.05, 3.63) is 79.0 Å². The Morgan fingerprint density at radius 2 is 1.43 bits per heavy atom. The maximum absolute atomic E-state index is 13.3. The van der Waals surface area contributed by atoms with Gasteiger partial charge in [0.15, 0.2) is 0 Å². The molecule has 3 heterocycles. The summed E-state index contributed by atoms with van der Waals surface area (Å²) in [6.45, 7) is 5.61. The van der Waals surface area contributed by atoms with Gasteiger partial charge in [-0.15, -0.1) is 0 Å². The van der Waals surface area contributed by atoms with Crippen molar-refractivity contribution < 1.29 is 9.53 Å². The normalized spacial score (nSPS) is 16.5. The maximum Gasteiger partial charge on any atom is 0.329 e. The summed E-state index contributed by atoms with van der Waals surface area (Å²) in [5.74, 6) is 1.54. The van der Waals surface area contributed by atoms with E-state index in [1.165, 1.54) is 25.9 Å². The predicted molar refractivity (Wildman–Crippen MR) is 138 cm³/mol. The molecule has 4 aromatic rings. The summed E-state index contributed by atoms with van der Waals surface area (Å²) in [6, 6.07) is 23.4. The van der Waals surface area contributed by atoms with Crippen LogP contribution in [0.15, 0.2) is 79.0 Å². The molecule has 0 aliphatic carbocycles. The third-order valence-corrected chi connectivity index (χ3v) is 6.83. The number of likely N-dealkylation sites (tertiary alicyclic amines) is 1. The molecule has 0 bridgehead atoms. The topological polar surface area (TPSA) is 53.8 Å². The standard InChI is InChI=1S/C28H29N5O2/c34-28-32(23-8-11-26(12-9-23)35-25-6-2-1-3-7-25)18-19-33(28)24-10-13-27-22(20-24)21-31(29-27)17-16-30-14-4-5-15-30/h1-3,6-13,20-21H,4-5,14-19H2. The van der Waals surface area contributed by atoms with Crippen LogP contribution in [0, 0.1) is 0 Å². The number of carbonyl (C=O) groups is 1. The Kier molecular flexibility index (Phi) is 5.84. The van der Waals surface area contributed by atoms with Crippen LogP contribution in [0.4, 0.5) is 16.2 Å². The first-order valence-electron chi connectivity index (χ1n) is 12.3. The van der Waals surface area contributed by atoms with Crippen LogP contribution in [0.25, 0.3) is 10.9 Å². The summed E-state index contributed by atoms with van der Waals surface area (Å²) in [5, 5.41) is 5.79. The second-order valence-corrected chi connectivity index (χ2v) is 9.18. The Morgan fingerprint density at radius 3 is 2.20 bits per heavy atom. The van der Waals surface area contributed by atoms with Gasteiger partial charge < -0.3 is 9.64 Å². The highest BCUT2D eigenvalue weighted by Crippen LogP contribution is 2.29. The van der Waals surface area contributed by atoms with E-state index in [4.69, 9.17) is 9.84 Å². The Balaban J connectivity index is 1.13. The number of amides is 2. The van der Waals surface area contributed by atoms with E-state index >= 15 is 0 Å². The summed E-state index contributed by atoms with van der Waals surface area (Å²) in [4.78, 5) is 19.4. The molecule has 0 spiro atoms. The first-order valence-corrected chi connectivity index (χ1v) is 12.3. The molecule has 2 fully saturated rings. The molecule has 35 heavy (non-hydrogen) atoms. The third-order valence-electron chi connectivity index (χ3n) is 6.83. The van der Waals surface area contributed by atoms with E-state index < -0.39 is 0 Å². The quantitative estimate of drug-likeness (QED) is 0.367. The van der Waals surface area contributed by atoms with Crippen molar-refractivity contribution in [1.29, 1.82) is 0 Å². The van der Waals surface area contributed by atoms with E-state index in [0.717, 1.165) is 46.9 Å². The highest BCUT2D eigenvalue weighted by atomic mass is 16.5. The van der Waals surface area contributed by atoms with Crippen molar-refractivity contribution in [2.24, 2.45) is 0 Å². The lowest BCUT2D eigenvalue weighted by molar-refractivity contribution is 0.256. The van der Waals surface area contributed by atoms with Crippen molar-refractivity contribution in [3.63, 3.8) is 0 Å².